The third kappa shape index (κ3) is 4.37. The highest BCUT2D eigenvalue weighted by atomic mass is 32.2. The molecule has 2 aromatic heterocycles. The minimum absolute atomic E-state index is 0.0790. The Morgan fingerprint density at radius 3 is 2.60 bits per heavy atom. The van der Waals surface area contributed by atoms with Gasteiger partial charge in [-0.05, 0) is 18.4 Å². The number of amides is 1. The van der Waals surface area contributed by atoms with Crippen LogP contribution in [-0.4, -0.2) is 39.2 Å². The second-order valence-corrected chi connectivity index (χ2v) is 9.18. The fourth-order valence-electron chi connectivity index (χ4n) is 3.77. The number of thioether (sulfide) groups is 1. The van der Waals surface area contributed by atoms with Crippen LogP contribution in [0, 0.1) is 0 Å². The molecule has 1 saturated heterocycles. The number of carbonyl (C=O) groups excluding carboxylic acids is 1. The van der Waals surface area contributed by atoms with Crippen LogP contribution < -0.4 is 5.56 Å². The van der Waals surface area contributed by atoms with E-state index in [2.05, 4.69) is 6.58 Å². The van der Waals surface area contributed by atoms with Crippen LogP contribution in [0.5, 0.6) is 0 Å². The molecule has 7 heteroatoms. The topological polar surface area (TPSA) is 55.2 Å². The molecule has 0 saturated carbocycles. The summed E-state index contributed by atoms with van der Waals surface area (Å²) >= 11 is 2.82. The highest BCUT2D eigenvalue weighted by Crippen LogP contribution is 2.32. The number of aromatic nitrogens is 2. The van der Waals surface area contributed by atoms with E-state index in [0.29, 0.717) is 27.7 Å². The molecule has 0 spiro atoms. The summed E-state index contributed by atoms with van der Waals surface area (Å²) in [7, 11) is 0. The third-order valence-electron chi connectivity index (χ3n) is 5.34. The molecular weight excluding hydrogens is 414 g/mol. The maximum absolute atomic E-state index is 13.4. The number of benzene rings is 1. The zero-order valence-electron chi connectivity index (χ0n) is 16.9. The molecule has 3 aromatic rings. The quantitative estimate of drug-likeness (QED) is 0.314. The molecule has 4 rings (SSSR count). The Labute approximate surface area is 184 Å². The fourth-order valence-corrected chi connectivity index (χ4v) is 5.67. The number of allylic oxidation sites excluding steroid dienone is 1. The Kier molecular flexibility index (Phi) is 6.69. The van der Waals surface area contributed by atoms with Gasteiger partial charge >= 0.3 is 0 Å². The van der Waals surface area contributed by atoms with Crippen molar-refractivity contribution in [1.82, 2.24) is 14.5 Å². The maximum Gasteiger partial charge on any atom is 0.263 e. The van der Waals surface area contributed by atoms with Gasteiger partial charge < -0.3 is 4.90 Å². The van der Waals surface area contributed by atoms with Crippen LogP contribution in [0.3, 0.4) is 0 Å². The van der Waals surface area contributed by atoms with Crippen molar-refractivity contribution < 1.29 is 4.79 Å². The normalized spacial score (nSPS) is 14.6. The van der Waals surface area contributed by atoms with Gasteiger partial charge in [0.15, 0.2) is 5.16 Å². The average molecular weight is 440 g/mol. The molecule has 156 valence electrons. The highest BCUT2D eigenvalue weighted by molar-refractivity contribution is 7.99. The molecule has 1 fully saturated rings. The van der Waals surface area contributed by atoms with Gasteiger partial charge in [-0.3, -0.25) is 14.2 Å². The highest BCUT2D eigenvalue weighted by Gasteiger charge is 2.20. The Hall–Kier alpha value is -2.38. The van der Waals surface area contributed by atoms with E-state index in [1.165, 1.54) is 35.9 Å². The molecule has 1 aliphatic rings. The second-order valence-electron chi connectivity index (χ2n) is 7.38. The van der Waals surface area contributed by atoms with Crippen LogP contribution in [0.4, 0.5) is 0 Å². The van der Waals surface area contributed by atoms with Gasteiger partial charge in [-0.25, -0.2) is 4.98 Å². The predicted octanol–water partition coefficient (Wildman–Crippen LogP) is 4.81. The van der Waals surface area contributed by atoms with E-state index in [0.717, 1.165) is 37.1 Å². The zero-order chi connectivity index (χ0) is 20.9. The largest absolute Gasteiger partial charge is 0.342 e. The lowest BCUT2D eigenvalue weighted by Crippen LogP contribution is -2.33. The van der Waals surface area contributed by atoms with Crippen molar-refractivity contribution in [2.24, 2.45) is 0 Å². The monoisotopic (exact) mass is 439 g/mol. The molecule has 5 nitrogen and oxygen atoms in total. The van der Waals surface area contributed by atoms with E-state index in [-0.39, 0.29) is 11.5 Å². The zero-order valence-corrected chi connectivity index (χ0v) is 18.5. The van der Waals surface area contributed by atoms with Crippen LogP contribution >= 0.6 is 23.1 Å². The number of fused-ring (bicyclic) bond motifs is 1. The summed E-state index contributed by atoms with van der Waals surface area (Å²) in [5.74, 6) is 0.420. The van der Waals surface area contributed by atoms with Gasteiger partial charge in [0.2, 0.25) is 5.91 Å². The van der Waals surface area contributed by atoms with Gasteiger partial charge in [-0.15, -0.1) is 17.9 Å². The summed E-state index contributed by atoms with van der Waals surface area (Å²) in [6.45, 7) is 5.82. The predicted molar refractivity (Wildman–Crippen MR) is 125 cm³/mol. The fraction of sp³-hybridized carbons (Fsp3) is 0.348. The SMILES string of the molecule is C=CCn1c(SCC(=O)N2CCCCCC2)nc2scc(-c3ccccc3)c2c1=O. The van der Waals surface area contributed by atoms with Crippen LogP contribution in [0.15, 0.2) is 58.3 Å². The maximum atomic E-state index is 13.4. The molecule has 1 amide bonds. The van der Waals surface area contributed by atoms with Gasteiger partial charge in [0, 0.05) is 30.6 Å². The van der Waals surface area contributed by atoms with Gasteiger partial charge in [-0.1, -0.05) is 61.0 Å². The Bertz CT molecular complexity index is 1100. The van der Waals surface area contributed by atoms with E-state index < -0.39 is 0 Å². The van der Waals surface area contributed by atoms with E-state index in [1.807, 2.05) is 40.6 Å². The first kappa shape index (κ1) is 20.9. The van der Waals surface area contributed by atoms with Gasteiger partial charge in [-0.2, -0.15) is 0 Å². The lowest BCUT2D eigenvalue weighted by molar-refractivity contribution is -0.128. The third-order valence-corrected chi connectivity index (χ3v) is 7.17. The van der Waals surface area contributed by atoms with E-state index in [4.69, 9.17) is 4.98 Å². The Morgan fingerprint density at radius 2 is 1.90 bits per heavy atom. The molecular formula is C23H25N3O2S2. The minimum atomic E-state index is -0.0790. The van der Waals surface area contributed by atoms with Gasteiger partial charge in [0.1, 0.15) is 4.83 Å². The van der Waals surface area contributed by atoms with Crippen molar-refractivity contribution in [1.29, 1.82) is 0 Å². The molecule has 0 aliphatic carbocycles. The van der Waals surface area contributed by atoms with Crippen molar-refractivity contribution in [3.8, 4) is 11.1 Å². The van der Waals surface area contributed by atoms with E-state index in [1.54, 1.807) is 10.6 Å². The summed E-state index contributed by atoms with van der Waals surface area (Å²) in [5, 5.41) is 3.21. The number of thiophene rings is 1. The number of nitrogens with zero attached hydrogens (tertiary/aromatic N) is 3. The van der Waals surface area contributed by atoms with Crippen molar-refractivity contribution in [2.45, 2.75) is 37.4 Å². The van der Waals surface area contributed by atoms with Crippen molar-refractivity contribution >= 4 is 39.2 Å². The summed E-state index contributed by atoms with van der Waals surface area (Å²) < 4.78 is 1.63. The first-order valence-corrected chi connectivity index (χ1v) is 12.1. The van der Waals surface area contributed by atoms with Crippen LogP contribution in [0.25, 0.3) is 21.3 Å². The average Bonchev–Trinajstić information content (AvgIpc) is 3.00. The lowest BCUT2D eigenvalue weighted by atomic mass is 10.1. The number of hydrogen-bond acceptors (Lipinski definition) is 5. The lowest BCUT2D eigenvalue weighted by Gasteiger charge is -2.20. The van der Waals surface area contributed by atoms with Crippen LogP contribution in [0.2, 0.25) is 0 Å². The molecule has 0 unspecified atom stereocenters. The molecule has 1 aliphatic heterocycles. The number of carbonyl (C=O) groups is 1. The van der Waals surface area contributed by atoms with Crippen molar-refractivity contribution in [3.63, 3.8) is 0 Å². The Balaban J connectivity index is 1.65. The van der Waals surface area contributed by atoms with Gasteiger partial charge in [0.05, 0.1) is 11.1 Å². The number of rotatable bonds is 6. The molecule has 0 radical (unpaired) electrons. The molecule has 0 atom stereocenters. The first-order valence-electron chi connectivity index (χ1n) is 10.3. The smallest absolute Gasteiger partial charge is 0.263 e. The first-order chi connectivity index (χ1) is 14.7. The summed E-state index contributed by atoms with van der Waals surface area (Å²) in [6, 6.07) is 9.89. The van der Waals surface area contributed by atoms with Crippen molar-refractivity contribution in [3.05, 3.63) is 58.7 Å². The Morgan fingerprint density at radius 1 is 1.17 bits per heavy atom. The molecule has 3 heterocycles. The summed E-state index contributed by atoms with van der Waals surface area (Å²) in [5.41, 5.74) is 1.83. The number of likely N-dealkylation sites (tertiary alicyclic amines) is 1. The van der Waals surface area contributed by atoms with Crippen LogP contribution in [0.1, 0.15) is 25.7 Å². The van der Waals surface area contributed by atoms with Crippen LogP contribution in [-0.2, 0) is 11.3 Å². The van der Waals surface area contributed by atoms with Gasteiger partial charge in [0.25, 0.3) is 5.56 Å². The summed E-state index contributed by atoms with van der Waals surface area (Å²) in [6.07, 6.45) is 6.22. The second kappa shape index (κ2) is 9.62. The molecule has 1 aromatic carbocycles. The van der Waals surface area contributed by atoms with Crippen molar-refractivity contribution in [2.75, 3.05) is 18.8 Å². The number of hydrogen-bond donors (Lipinski definition) is 0. The van der Waals surface area contributed by atoms with E-state index in [9.17, 15) is 9.59 Å². The minimum Gasteiger partial charge on any atom is -0.342 e. The summed E-state index contributed by atoms with van der Waals surface area (Å²) in [4.78, 5) is 33.5. The molecule has 0 bridgehead atoms. The molecule has 30 heavy (non-hydrogen) atoms. The standard InChI is InChI=1S/C23H25N3O2S2/c1-2-12-26-22(28)20-18(17-10-6-5-7-11-17)15-29-21(20)24-23(26)30-16-19(27)25-13-8-3-4-9-14-25/h2,5-7,10-11,15H,1,3-4,8-9,12-14,16H2. The molecule has 0 N–H and O–H groups in total. The van der Waals surface area contributed by atoms with E-state index >= 15 is 0 Å².